The molecule has 1 aromatic rings. The molecule has 0 aliphatic heterocycles. The SMILES string of the molecule is [2H]C(=O)NCCCCNc1ccc(NCCCCNC(C)=O)cc1. The van der Waals surface area contributed by atoms with Crippen molar-refractivity contribution in [1.82, 2.24) is 10.6 Å². The number of anilines is 2. The molecule has 0 fully saturated rings. The molecule has 4 N–H and O–H groups in total. The third-order valence-electron chi connectivity index (χ3n) is 3.32. The first-order valence-corrected chi connectivity index (χ1v) is 8.14. The van der Waals surface area contributed by atoms with Crippen LogP contribution >= 0.6 is 0 Å². The van der Waals surface area contributed by atoms with E-state index in [0.29, 0.717) is 6.54 Å². The molecule has 1 aromatic carbocycles. The average molecular weight is 321 g/mol. The topological polar surface area (TPSA) is 82.3 Å². The molecule has 0 saturated heterocycles. The van der Waals surface area contributed by atoms with Crippen LogP contribution in [0.3, 0.4) is 0 Å². The highest BCUT2D eigenvalue weighted by Crippen LogP contribution is 2.13. The highest BCUT2D eigenvalue weighted by Gasteiger charge is 1.95. The lowest BCUT2D eigenvalue weighted by molar-refractivity contribution is -0.119. The fourth-order valence-electron chi connectivity index (χ4n) is 2.08. The molecule has 23 heavy (non-hydrogen) atoms. The van der Waals surface area contributed by atoms with Crippen LogP contribution in [0, 0.1) is 0 Å². The van der Waals surface area contributed by atoms with E-state index >= 15 is 0 Å². The molecule has 128 valence electrons. The minimum Gasteiger partial charge on any atom is -0.385 e. The normalized spacial score (nSPS) is 10.6. The molecule has 0 heterocycles. The van der Waals surface area contributed by atoms with E-state index in [1.165, 1.54) is 6.92 Å². The summed E-state index contributed by atoms with van der Waals surface area (Å²) in [5.41, 5.74) is 2.15. The van der Waals surface area contributed by atoms with Crippen molar-refractivity contribution in [3.05, 3.63) is 24.3 Å². The molecule has 0 saturated carbocycles. The standard InChI is InChI=1S/C17H28N4O2/c1-15(23)19-11-4-5-13-21-17-8-6-16(7-9-17)20-12-3-2-10-18-14-22/h6-9,14,20-21H,2-5,10-13H2,1H3,(H,18,22)(H,19,23)/i14D. The molecule has 2 amide bonds. The van der Waals surface area contributed by atoms with Crippen LogP contribution in [0.4, 0.5) is 11.4 Å². The summed E-state index contributed by atoms with van der Waals surface area (Å²) in [6.07, 6.45) is 3.05. The fraction of sp³-hybridized carbons (Fsp3) is 0.529. The van der Waals surface area contributed by atoms with E-state index in [9.17, 15) is 9.59 Å². The lowest BCUT2D eigenvalue weighted by Gasteiger charge is -2.09. The second-order valence-corrected chi connectivity index (χ2v) is 5.36. The van der Waals surface area contributed by atoms with E-state index in [1.54, 1.807) is 0 Å². The van der Waals surface area contributed by atoms with Crippen LogP contribution in [0.15, 0.2) is 24.3 Å². The molecule has 6 nitrogen and oxygen atoms in total. The first kappa shape index (κ1) is 17.1. The summed E-state index contributed by atoms with van der Waals surface area (Å²) in [7, 11) is 0. The van der Waals surface area contributed by atoms with E-state index in [2.05, 4.69) is 21.3 Å². The van der Waals surface area contributed by atoms with Gasteiger partial charge in [-0.3, -0.25) is 9.59 Å². The van der Waals surface area contributed by atoms with Crippen LogP contribution in [0.2, 0.25) is 0 Å². The summed E-state index contributed by atoms with van der Waals surface area (Å²) in [6, 6.07) is 8.14. The predicted octanol–water partition coefficient (Wildman–Crippen LogP) is 1.95. The van der Waals surface area contributed by atoms with Gasteiger partial charge in [-0.1, -0.05) is 0 Å². The molecule has 1 rings (SSSR count). The number of rotatable bonds is 12. The zero-order valence-electron chi connectivity index (χ0n) is 14.8. The summed E-state index contributed by atoms with van der Waals surface area (Å²) < 4.78 is 6.72. The van der Waals surface area contributed by atoms with Crippen LogP contribution in [0.5, 0.6) is 0 Å². The van der Waals surface area contributed by atoms with Crippen molar-refractivity contribution in [3.8, 4) is 0 Å². The molecule has 0 radical (unpaired) electrons. The highest BCUT2D eigenvalue weighted by molar-refractivity contribution is 5.72. The Morgan fingerprint density at radius 2 is 1.43 bits per heavy atom. The van der Waals surface area contributed by atoms with E-state index in [4.69, 9.17) is 1.37 Å². The Kier molecular flexibility index (Phi) is 9.17. The third kappa shape index (κ3) is 10.2. The van der Waals surface area contributed by atoms with Crippen molar-refractivity contribution in [2.45, 2.75) is 32.6 Å². The van der Waals surface area contributed by atoms with Gasteiger partial charge in [0.25, 0.3) is 0 Å². The molecule has 0 aromatic heterocycles. The van der Waals surface area contributed by atoms with Gasteiger partial charge in [-0.15, -0.1) is 0 Å². The number of benzene rings is 1. The molecule has 6 heteroatoms. The van der Waals surface area contributed by atoms with Crippen molar-refractivity contribution < 1.29 is 11.0 Å². The maximum Gasteiger partial charge on any atom is 0.216 e. The Hall–Kier alpha value is -2.24. The number of hydrogen-bond donors (Lipinski definition) is 4. The Morgan fingerprint density at radius 3 is 1.91 bits per heavy atom. The van der Waals surface area contributed by atoms with Gasteiger partial charge in [-0.2, -0.15) is 0 Å². The number of carbonyl (C=O) groups excluding carboxylic acids is 2. The van der Waals surface area contributed by atoms with Crippen LogP contribution < -0.4 is 21.3 Å². The summed E-state index contributed by atoms with van der Waals surface area (Å²) in [5, 5.41) is 11.9. The zero-order chi connectivity index (χ0) is 17.6. The van der Waals surface area contributed by atoms with Gasteiger partial charge in [-0.05, 0) is 49.9 Å². The molecule has 0 spiro atoms. The largest absolute Gasteiger partial charge is 0.385 e. The monoisotopic (exact) mass is 321 g/mol. The van der Waals surface area contributed by atoms with Gasteiger partial charge in [-0.25, -0.2) is 0 Å². The van der Waals surface area contributed by atoms with E-state index in [-0.39, 0.29) is 5.91 Å². The van der Waals surface area contributed by atoms with Crippen molar-refractivity contribution in [1.29, 1.82) is 0 Å². The molecular formula is C17H28N4O2. The number of carbonyl (C=O) groups is 2. The van der Waals surface area contributed by atoms with Gasteiger partial charge in [0.15, 0.2) is 0 Å². The quantitative estimate of drug-likeness (QED) is 0.350. The second-order valence-electron chi connectivity index (χ2n) is 5.36. The van der Waals surface area contributed by atoms with Crippen LogP contribution in [0.25, 0.3) is 0 Å². The minimum absolute atomic E-state index is 0.0205. The number of amides is 2. The van der Waals surface area contributed by atoms with Crippen LogP contribution in [-0.2, 0) is 9.59 Å². The maximum absolute atomic E-state index is 10.7. The molecule has 0 atom stereocenters. The maximum atomic E-state index is 10.7. The zero-order valence-corrected chi connectivity index (χ0v) is 13.8. The van der Waals surface area contributed by atoms with Gasteiger partial charge < -0.3 is 21.3 Å². The minimum atomic E-state index is -0.721. The fourth-order valence-corrected chi connectivity index (χ4v) is 2.08. The first-order valence-electron chi connectivity index (χ1n) is 8.64. The van der Waals surface area contributed by atoms with Gasteiger partial charge in [0, 0.05) is 44.5 Å². The van der Waals surface area contributed by atoms with Crippen molar-refractivity contribution in [2.75, 3.05) is 36.8 Å². The molecule has 0 bridgehead atoms. The van der Waals surface area contributed by atoms with Gasteiger partial charge in [0.05, 0.1) is 0 Å². The lowest BCUT2D eigenvalue weighted by Crippen LogP contribution is -2.21. The summed E-state index contributed by atoms with van der Waals surface area (Å²) in [6.45, 7) is 4.53. The third-order valence-corrected chi connectivity index (χ3v) is 3.32. The Morgan fingerprint density at radius 1 is 0.957 bits per heavy atom. The molecule has 0 aliphatic carbocycles. The van der Waals surface area contributed by atoms with E-state index < -0.39 is 6.39 Å². The van der Waals surface area contributed by atoms with Gasteiger partial charge >= 0.3 is 0 Å². The highest BCUT2D eigenvalue weighted by atomic mass is 16.1. The predicted molar refractivity (Wildman–Crippen MR) is 94.6 cm³/mol. The number of unbranched alkanes of at least 4 members (excludes halogenated alkanes) is 2. The molecular weight excluding hydrogens is 292 g/mol. The molecule has 0 unspecified atom stereocenters. The Balaban J connectivity index is 2.08. The lowest BCUT2D eigenvalue weighted by atomic mass is 10.2. The number of nitrogens with one attached hydrogen (secondary N) is 4. The Bertz CT molecular complexity index is 449. The van der Waals surface area contributed by atoms with Crippen LogP contribution in [0.1, 0.15) is 34.0 Å². The van der Waals surface area contributed by atoms with E-state index in [0.717, 1.165) is 56.7 Å². The Labute approximate surface area is 139 Å². The van der Waals surface area contributed by atoms with Crippen molar-refractivity contribution >= 4 is 23.7 Å². The number of hydrogen-bond acceptors (Lipinski definition) is 4. The summed E-state index contributed by atoms with van der Waals surface area (Å²) >= 11 is 0. The second kappa shape index (κ2) is 12.3. The van der Waals surface area contributed by atoms with Crippen LogP contribution in [-0.4, -0.2) is 38.5 Å². The van der Waals surface area contributed by atoms with E-state index in [1.807, 2.05) is 24.3 Å². The van der Waals surface area contributed by atoms with Gasteiger partial charge in [0.1, 0.15) is 1.37 Å². The summed E-state index contributed by atoms with van der Waals surface area (Å²) in [5.74, 6) is 0.0205. The van der Waals surface area contributed by atoms with Gasteiger partial charge in [0.2, 0.25) is 12.3 Å². The first-order chi connectivity index (χ1) is 11.6. The smallest absolute Gasteiger partial charge is 0.216 e. The van der Waals surface area contributed by atoms with Crippen molar-refractivity contribution in [3.63, 3.8) is 0 Å². The average Bonchev–Trinajstić information content (AvgIpc) is 2.54. The summed E-state index contributed by atoms with van der Waals surface area (Å²) in [4.78, 5) is 21.1. The van der Waals surface area contributed by atoms with Crippen molar-refractivity contribution in [2.24, 2.45) is 0 Å². The molecule has 0 aliphatic rings.